The third-order valence-electron chi connectivity index (χ3n) is 7.68. The van der Waals surface area contributed by atoms with Crippen molar-refractivity contribution in [1.29, 1.82) is 0 Å². The molecule has 5 aromatic rings. The number of anilines is 2. The molecule has 0 bridgehead atoms. The Morgan fingerprint density at radius 3 is 2.29 bits per heavy atom. The number of benzene rings is 4. The van der Waals surface area contributed by atoms with Gasteiger partial charge in [0.05, 0.1) is 43.0 Å². The molecule has 1 N–H and O–H groups in total. The van der Waals surface area contributed by atoms with Crippen LogP contribution in [0.2, 0.25) is 0 Å². The summed E-state index contributed by atoms with van der Waals surface area (Å²) >= 11 is 0. The number of amidine groups is 2. The molecular formula is C34H30N6O2. The van der Waals surface area contributed by atoms with E-state index in [1.54, 1.807) is 14.2 Å². The van der Waals surface area contributed by atoms with Crippen LogP contribution < -0.4 is 19.7 Å². The normalized spacial score (nSPS) is 15.1. The summed E-state index contributed by atoms with van der Waals surface area (Å²) in [7, 11) is 3.34. The summed E-state index contributed by atoms with van der Waals surface area (Å²) in [6, 6.07) is 32.2. The van der Waals surface area contributed by atoms with Crippen LogP contribution in [0.15, 0.2) is 107 Å². The molecule has 8 heteroatoms. The van der Waals surface area contributed by atoms with Crippen molar-refractivity contribution < 1.29 is 9.47 Å². The number of nitrogens with one attached hydrogen (secondary N) is 1. The number of ether oxygens (including phenoxy) is 2. The van der Waals surface area contributed by atoms with E-state index in [-0.39, 0.29) is 6.04 Å². The molecule has 1 aromatic heterocycles. The van der Waals surface area contributed by atoms with Crippen molar-refractivity contribution in [1.82, 2.24) is 9.78 Å². The zero-order chi connectivity index (χ0) is 28.8. The molecule has 0 radical (unpaired) electrons. The van der Waals surface area contributed by atoms with Crippen LogP contribution in [0.4, 0.5) is 22.9 Å². The topological polar surface area (TPSA) is 76.3 Å². The maximum atomic E-state index is 6.00. The van der Waals surface area contributed by atoms with Crippen LogP contribution in [0.3, 0.4) is 0 Å². The molecule has 1 atom stereocenters. The van der Waals surface area contributed by atoms with Crippen molar-refractivity contribution in [2.45, 2.75) is 19.9 Å². The molecule has 2 aliphatic rings. The Kier molecular flexibility index (Phi) is 6.23. The van der Waals surface area contributed by atoms with Gasteiger partial charge in [-0.15, -0.1) is 0 Å². The van der Waals surface area contributed by atoms with Crippen molar-refractivity contribution >= 4 is 34.6 Å². The van der Waals surface area contributed by atoms with E-state index in [0.29, 0.717) is 23.2 Å². The summed E-state index contributed by atoms with van der Waals surface area (Å²) in [5.41, 5.74) is 7.62. The van der Waals surface area contributed by atoms with Gasteiger partial charge in [-0.3, -0.25) is 0 Å². The summed E-state index contributed by atoms with van der Waals surface area (Å²) in [4.78, 5) is 12.6. The summed E-state index contributed by atoms with van der Waals surface area (Å²) in [6.07, 6.45) is 0. The molecule has 0 saturated heterocycles. The molecule has 8 nitrogen and oxygen atoms in total. The van der Waals surface area contributed by atoms with Crippen LogP contribution in [-0.4, -0.2) is 35.7 Å². The molecule has 0 aliphatic carbocycles. The fourth-order valence-corrected chi connectivity index (χ4v) is 5.74. The number of para-hydroxylation sites is 4. The van der Waals surface area contributed by atoms with Gasteiger partial charge in [-0.2, -0.15) is 5.10 Å². The Bertz CT molecular complexity index is 1860. The van der Waals surface area contributed by atoms with Gasteiger partial charge in [0.2, 0.25) is 0 Å². The van der Waals surface area contributed by atoms with E-state index in [9.17, 15) is 0 Å². The van der Waals surface area contributed by atoms with Crippen molar-refractivity contribution in [3.63, 3.8) is 0 Å². The minimum atomic E-state index is -0.332. The van der Waals surface area contributed by atoms with E-state index >= 15 is 0 Å². The van der Waals surface area contributed by atoms with Gasteiger partial charge in [-0.1, -0.05) is 60.2 Å². The number of rotatable bonds is 5. The lowest BCUT2D eigenvalue weighted by molar-refractivity contribution is 0.350. The second-order valence-corrected chi connectivity index (χ2v) is 10.3. The lowest BCUT2D eigenvalue weighted by atomic mass is 9.92. The molecule has 7 rings (SSSR count). The van der Waals surface area contributed by atoms with Crippen LogP contribution >= 0.6 is 0 Å². The summed E-state index contributed by atoms with van der Waals surface area (Å²) in [6.45, 7) is 4.11. The number of aliphatic imine (C=N–C) groups is 2. The molecular weight excluding hydrogens is 524 g/mol. The van der Waals surface area contributed by atoms with E-state index in [1.165, 1.54) is 5.56 Å². The zero-order valence-electron chi connectivity index (χ0n) is 23.9. The molecule has 3 heterocycles. The van der Waals surface area contributed by atoms with Crippen LogP contribution in [0.25, 0.3) is 5.69 Å². The highest BCUT2D eigenvalue weighted by atomic mass is 16.5. The van der Waals surface area contributed by atoms with E-state index in [4.69, 9.17) is 24.6 Å². The maximum Gasteiger partial charge on any atom is 0.179 e. The quantitative estimate of drug-likeness (QED) is 0.247. The van der Waals surface area contributed by atoms with Gasteiger partial charge < -0.3 is 19.7 Å². The lowest BCUT2D eigenvalue weighted by Crippen LogP contribution is -2.46. The van der Waals surface area contributed by atoms with Crippen LogP contribution in [0.5, 0.6) is 11.5 Å². The summed E-state index contributed by atoms with van der Waals surface area (Å²) in [5.74, 6) is 3.41. The van der Waals surface area contributed by atoms with Gasteiger partial charge in [0.25, 0.3) is 0 Å². The molecule has 4 aromatic carbocycles. The van der Waals surface area contributed by atoms with E-state index in [2.05, 4.69) is 53.5 Å². The monoisotopic (exact) mass is 554 g/mol. The first-order chi connectivity index (χ1) is 20.6. The molecule has 208 valence electrons. The fourth-order valence-electron chi connectivity index (χ4n) is 5.74. The second kappa shape index (κ2) is 10.2. The first-order valence-electron chi connectivity index (χ1n) is 13.8. The Labute approximate surface area is 244 Å². The first-order valence-corrected chi connectivity index (χ1v) is 13.8. The molecule has 0 saturated carbocycles. The molecule has 0 spiro atoms. The Balaban J connectivity index is 1.52. The average Bonchev–Trinajstić information content (AvgIpc) is 3.37. The third kappa shape index (κ3) is 4.11. The van der Waals surface area contributed by atoms with Crippen LogP contribution in [0.1, 0.15) is 28.4 Å². The van der Waals surface area contributed by atoms with Gasteiger partial charge in [-0.05, 0) is 56.3 Å². The minimum absolute atomic E-state index is 0.332. The highest BCUT2D eigenvalue weighted by Gasteiger charge is 2.42. The molecule has 2 aliphatic heterocycles. The predicted molar refractivity (Wildman–Crippen MR) is 168 cm³/mol. The molecule has 0 unspecified atom stereocenters. The van der Waals surface area contributed by atoms with Gasteiger partial charge in [0.1, 0.15) is 0 Å². The van der Waals surface area contributed by atoms with Crippen molar-refractivity contribution in [3.05, 3.63) is 119 Å². The zero-order valence-corrected chi connectivity index (χ0v) is 23.9. The number of aromatic nitrogens is 2. The van der Waals surface area contributed by atoms with Gasteiger partial charge >= 0.3 is 0 Å². The number of fused-ring (bicyclic) bond motifs is 4. The second-order valence-electron chi connectivity index (χ2n) is 10.3. The Hall–Kier alpha value is -5.37. The van der Waals surface area contributed by atoms with Gasteiger partial charge in [0, 0.05) is 16.8 Å². The first kappa shape index (κ1) is 25.6. The molecule has 0 amide bonds. The van der Waals surface area contributed by atoms with E-state index in [0.717, 1.165) is 45.4 Å². The van der Waals surface area contributed by atoms with Crippen molar-refractivity contribution in [2.24, 2.45) is 9.98 Å². The van der Waals surface area contributed by atoms with Crippen LogP contribution in [-0.2, 0) is 0 Å². The maximum absolute atomic E-state index is 6.00. The van der Waals surface area contributed by atoms with Crippen molar-refractivity contribution in [2.75, 3.05) is 24.4 Å². The van der Waals surface area contributed by atoms with Gasteiger partial charge in [-0.25, -0.2) is 14.7 Å². The average molecular weight is 555 g/mol. The van der Waals surface area contributed by atoms with Crippen LogP contribution in [0, 0.1) is 13.8 Å². The Morgan fingerprint density at radius 2 is 1.52 bits per heavy atom. The number of aryl methyl sites for hydroxylation is 2. The Morgan fingerprint density at radius 1 is 0.762 bits per heavy atom. The summed E-state index contributed by atoms with van der Waals surface area (Å²) in [5, 5.41) is 8.58. The highest BCUT2D eigenvalue weighted by Crippen LogP contribution is 2.51. The lowest BCUT2D eigenvalue weighted by Gasteiger charge is -2.41. The van der Waals surface area contributed by atoms with Gasteiger partial charge in [0.15, 0.2) is 29.0 Å². The third-order valence-corrected chi connectivity index (χ3v) is 7.68. The minimum Gasteiger partial charge on any atom is -0.493 e. The summed E-state index contributed by atoms with van der Waals surface area (Å²) < 4.78 is 13.7. The number of hydrogen-bond acceptors (Lipinski definition) is 7. The SMILES string of the molecule is COc1cccc([C@H]2c3c(C)nn(-c4ccccc4)c3N=C3C(Nc4ccc(C)cc4)=Nc4ccccc4N32)c1OC. The molecule has 0 fully saturated rings. The van der Waals surface area contributed by atoms with Crippen molar-refractivity contribution in [3.8, 4) is 17.2 Å². The largest absolute Gasteiger partial charge is 0.493 e. The van der Waals surface area contributed by atoms with E-state index < -0.39 is 0 Å². The number of nitrogens with zero attached hydrogens (tertiary/aromatic N) is 5. The fraction of sp³-hybridized carbons (Fsp3) is 0.147. The van der Waals surface area contributed by atoms with E-state index in [1.807, 2.05) is 72.3 Å². The highest BCUT2D eigenvalue weighted by molar-refractivity contribution is 6.51. The molecule has 42 heavy (non-hydrogen) atoms. The predicted octanol–water partition coefficient (Wildman–Crippen LogP) is 7.30. The number of methoxy groups -OCH3 is 2. The number of hydrogen-bond donors (Lipinski definition) is 1. The smallest absolute Gasteiger partial charge is 0.179 e. The standard InChI is InChI=1S/C34H30N6O2/c1-21-17-19-23(20-18-21)35-32-34-37-33-29(22(2)38-40(33)24-11-6-5-7-12-24)30(25-13-10-16-28(41-3)31(25)42-4)39(34)27-15-9-8-14-26(27)36-32/h5-20,30H,1-4H3,(H,35,36)/t30-/m0/s1.